The van der Waals surface area contributed by atoms with Crippen molar-refractivity contribution in [2.24, 2.45) is 0 Å². The minimum absolute atomic E-state index is 0.465. The lowest BCUT2D eigenvalue weighted by Crippen LogP contribution is -2.21. The molecule has 9 aromatic rings. The molecule has 0 radical (unpaired) electrons. The third-order valence-electron chi connectivity index (χ3n) is 11.3. The van der Waals surface area contributed by atoms with E-state index in [-0.39, 0.29) is 0 Å². The van der Waals surface area contributed by atoms with Gasteiger partial charge < -0.3 is 44.3 Å². The summed E-state index contributed by atoms with van der Waals surface area (Å²) in [6, 6.07) is 47.2. The number of hydrogen-bond donors (Lipinski definition) is 2. The number of nitrogen functional groups attached to an aromatic ring is 2. The van der Waals surface area contributed by atoms with Gasteiger partial charge in [-0.25, -0.2) is 0 Å². The molecule has 4 N–H and O–H groups in total. The second-order valence-electron chi connectivity index (χ2n) is 16.3. The van der Waals surface area contributed by atoms with Gasteiger partial charge in [0.05, 0.1) is 0 Å². The number of nitrogens with two attached hydrogens (primary N) is 2. The maximum absolute atomic E-state index is 5.91. The van der Waals surface area contributed by atoms with E-state index in [1.165, 1.54) is 11.4 Å². The first kappa shape index (κ1) is 48.5. The van der Waals surface area contributed by atoms with Gasteiger partial charge in [-0.05, 0) is 173 Å². The molecule has 3 aromatic heterocycles. The van der Waals surface area contributed by atoms with Crippen LogP contribution in [0.25, 0.3) is 68.7 Å². The Balaban J connectivity index is 0.000000155. The summed E-state index contributed by atoms with van der Waals surface area (Å²) in [5.41, 5.74) is 22.7. The van der Waals surface area contributed by atoms with Gasteiger partial charge in [0.2, 0.25) is 35.3 Å². The van der Waals surface area contributed by atoms with Crippen LogP contribution in [0.5, 0.6) is 0 Å². The van der Waals surface area contributed by atoms with Crippen LogP contribution in [0.3, 0.4) is 0 Å². The molecular weight excluding hydrogens is 865 g/mol. The number of rotatable bonds is 14. The number of hydrogen-bond acceptors (Lipinski definition) is 15. The standard InChI is InChI=1S/C22H28N4O.C18H20N4O.C14H12N4O/c1-5-25(6-2)19-13-9-17(10-14-19)21-23-24-22(27-21)18-11-15-20(16-12-18)26(7-3)8-4;1-21(2)15-9-5-13(6-10-15)17-19-20-18(23-17)14-7-11-16(12-8-14)22(3)4;15-11-5-1-9(2-6-11)13-17-18-14(19-13)10-3-7-12(16)8-4-10/h9-16H,5-8H2,1-4H3;5-12H,1-4H3;1-8H,15-16H2. The zero-order valence-electron chi connectivity index (χ0n) is 40.5. The Morgan fingerprint density at radius 3 is 0.681 bits per heavy atom. The molecule has 0 unspecified atom stereocenters. The fourth-order valence-electron chi connectivity index (χ4n) is 7.23. The number of benzene rings is 6. The van der Waals surface area contributed by atoms with Crippen LogP contribution in [-0.2, 0) is 0 Å². The van der Waals surface area contributed by atoms with Gasteiger partial charge in [-0.15, -0.1) is 30.6 Å². The Morgan fingerprint density at radius 1 is 0.304 bits per heavy atom. The summed E-state index contributed by atoms with van der Waals surface area (Å²) in [5.74, 6) is 3.08. The first-order chi connectivity index (χ1) is 33.5. The molecule has 0 aliphatic heterocycles. The summed E-state index contributed by atoms with van der Waals surface area (Å²) in [6.45, 7) is 12.6. The van der Waals surface area contributed by atoms with Crippen molar-refractivity contribution in [2.45, 2.75) is 27.7 Å². The Morgan fingerprint density at radius 2 is 0.493 bits per heavy atom. The molecule has 9 rings (SSSR count). The maximum atomic E-state index is 5.91. The summed E-state index contributed by atoms with van der Waals surface area (Å²) in [4.78, 5) is 8.71. The Labute approximate surface area is 404 Å². The summed E-state index contributed by atoms with van der Waals surface area (Å²) in [5, 5.41) is 24.8. The van der Waals surface area contributed by atoms with E-state index in [2.05, 4.69) is 102 Å². The van der Waals surface area contributed by atoms with Crippen LogP contribution in [0, 0.1) is 0 Å². The zero-order chi connectivity index (χ0) is 48.9. The minimum Gasteiger partial charge on any atom is -0.416 e. The highest BCUT2D eigenvalue weighted by atomic mass is 16.4. The van der Waals surface area contributed by atoms with Crippen molar-refractivity contribution in [1.82, 2.24) is 30.6 Å². The van der Waals surface area contributed by atoms with Crippen molar-refractivity contribution >= 4 is 34.1 Å². The number of aromatic nitrogens is 6. The molecule has 0 fully saturated rings. The Kier molecular flexibility index (Phi) is 16.0. The largest absolute Gasteiger partial charge is 0.416 e. The first-order valence-electron chi connectivity index (χ1n) is 22.9. The lowest BCUT2D eigenvalue weighted by Gasteiger charge is -2.20. The van der Waals surface area contributed by atoms with Crippen molar-refractivity contribution in [3.8, 4) is 68.7 Å². The molecule has 0 saturated carbocycles. The Hall–Kier alpha value is -8.46. The molecule has 6 aromatic carbocycles. The lowest BCUT2D eigenvalue weighted by molar-refractivity contribution is 0.584. The highest BCUT2D eigenvalue weighted by Crippen LogP contribution is 2.30. The Bertz CT molecular complexity index is 2740. The smallest absolute Gasteiger partial charge is 0.248 e. The third kappa shape index (κ3) is 12.3. The van der Waals surface area contributed by atoms with Gasteiger partial charge in [0.25, 0.3) is 0 Å². The fraction of sp³-hybridized carbons (Fsp3) is 0.222. The minimum atomic E-state index is 0.465. The van der Waals surface area contributed by atoms with Gasteiger partial charge in [-0.3, -0.25) is 0 Å². The first-order valence-corrected chi connectivity index (χ1v) is 22.9. The van der Waals surface area contributed by atoms with Gasteiger partial charge in [0.15, 0.2) is 0 Å². The van der Waals surface area contributed by atoms with Crippen LogP contribution in [0.2, 0.25) is 0 Å². The zero-order valence-corrected chi connectivity index (χ0v) is 40.5. The van der Waals surface area contributed by atoms with Crippen LogP contribution < -0.4 is 31.1 Å². The monoisotopic (exact) mass is 924 g/mol. The van der Waals surface area contributed by atoms with Crippen LogP contribution in [0.15, 0.2) is 159 Å². The number of anilines is 6. The molecule has 0 aliphatic rings. The highest BCUT2D eigenvalue weighted by Gasteiger charge is 2.14. The van der Waals surface area contributed by atoms with Crippen molar-refractivity contribution in [2.75, 3.05) is 85.4 Å². The quantitative estimate of drug-likeness (QED) is 0.0982. The molecule has 0 amide bonds. The molecule has 0 spiro atoms. The van der Waals surface area contributed by atoms with Crippen LogP contribution >= 0.6 is 0 Å². The van der Waals surface area contributed by atoms with Gasteiger partial charge in [0, 0.05) is 122 Å². The summed E-state index contributed by atoms with van der Waals surface area (Å²) in [7, 11) is 8.04. The molecule has 3 heterocycles. The van der Waals surface area contributed by atoms with E-state index in [0.29, 0.717) is 46.7 Å². The average molecular weight is 925 g/mol. The molecular formula is C54H60N12O3. The lowest BCUT2D eigenvalue weighted by atomic mass is 10.2. The van der Waals surface area contributed by atoms with Crippen LogP contribution in [0.1, 0.15) is 27.7 Å². The van der Waals surface area contributed by atoms with E-state index in [0.717, 1.165) is 70.9 Å². The van der Waals surface area contributed by atoms with E-state index in [4.69, 9.17) is 24.7 Å². The van der Waals surface area contributed by atoms with Gasteiger partial charge in [-0.2, -0.15) is 0 Å². The second kappa shape index (κ2) is 22.8. The van der Waals surface area contributed by atoms with Crippen molar-refractivity contribution in [3.63, 3.8) is 0 Å². The molecule has 15 nitrogen and oxygen atoms in total. The molecule has 0 bridgehead atoms. The maximum Gasteiger partial charge on any atom is 0.248 e. The van der Waals surface area contributed by atoms with E-state index in [9.17, 15) is 0 Å². The number of nitrogens with zero attached hydrogens (tertiary/aromatic N) is 10. The van der Waals surface area contributed by atoms with Crippen LogP contribution in [0.4, 0.5) is 34.1 Å². The average Bonchev–Trinajstić information content (AvgIpc) is 4.20. The highest BCUT2D eigenvalue weighted by molar-refractivity contribution is 5.65. The topological polar surface area (TPSA) is 182 Å². The summed E-state index contributed by atoms with van der Waals surface area (Å²) in [6.07, 6.45) is 0. The van der Waals surface area contributed by atoms with Crippen molar-refractivity contribution < 1.29 is 13.3 Å². The predicted molar refractivity (Wildman–Crippen MR) is 280 cm³/mol. The molecule has 69 heavy (non-hydrogen) atoms. The van der Waals surface area contributed by atoms with Gasteiger partial charge in [-0.1, -0.05) is 0 Å². The second-order valence-corrected chi connectivity index (χ2v) is 16.3. The SMILES string of the molecule is CCN(CC)c1ccc(-c2nnc(-c3ccc(N(CC)CC)cc3)o2)cc1.CN(C)c1ccc(-c2nnc(-c3ccc(N(C)C)cc3)o2)cc1.Nc1ccc(-c2nnc(-c3ccc(N)cc3)o2)cc1. The normalized spacial score (nSPS) is 10.7. The van der Waals surface area contributed by atoms with E-state index in [1.54, 1.807) is 24.3 Å². The summed E-state index contributed by atoms with van der Waals surface area (Å²) < 4.78 is 17.4. The fourth-order valence-corrected chi connectivity index (χ4v) is 7.23. The third-order valence-corrected chi connectivity index (χ3v) is 11.3. The molecule has 0 aliphatic carbocycles. The van der Waals surface area contributed by atoms with E-state index in [1.807, 2.05) is 125 Å². The van der Waals surface area contributed by atoms with Gasteiger partial charge >= 0.3 is 0 Å². The van der Waals surface area contributed by atoms with E-state index < -0.39 is 0 Å². The van der Waals surface area contributed by atoms with Crippen molar-refractivity contribution in [3.05, 3.63) is 146 Å². The van der Waals surface area contributed by atoms with Crippen molar-refractivity contribution in [1.29, 1.82) is 0 Å². The van der Waals surface area contributed by atoms with Gasteiger partial charge in [0.1, 0.15) is 0 Å². The van der Waals surface area contributed by atoms with E-state index >= 15 is 0 Å². The molecule has 354 valence electrons. The van der Waals surface area contributed by atoms with Crippen LogP contribution in [-0.4, -0.2) is 85.0 Å². The molecule has 0 saturated heterocycles. The predicted octanol–water partition coefficient (Wildman–Crippen LogP) is 11.2. The molecule has 15 heteroatoms. The molecule has 0 atom stereocenters. The summed E-state index contributed by atoms with van der Waals surface area (Å²) >= 11 is 0.